The average molecular weight is 325 g/mol. The van der Waals surface area contributed by atoms with Gasteiger partial charge in [0.15, 0.2) is 0 Å². The van der Waals surface area contributed by atoms with Crippen molar-refractivity contribution in [2.45, 2.75) is 25.3 Å². The minimum atomic E-state index is 0.0898. The van der Waals surface area contributed by atoms with E-state index in [-0.39, 0.29) is 17.7 Å². The molecule has 126 valence electrons. The van der Waals surface area contributed by atoms with Gasteiger partial charge < -0.3 is 14.7 Å². The topological polar surface area (TPSA) is 49.8 Å². The summed E-state index contributed by atoms with van der Waals surface area (Å²) in [5, 5.41) is 9.58. The van der Waals surface area contributed by atoms with Crippen LogP contribution in [-0.4, -0.2) is 41.7 Å². The molecule has 0 saturated carbocycles. The van der Waals surface area contributed by atoms with Crippen molar-refractivity contribution in [3.8, 4) is 5.75 Å². The number of rotatable bonds is 6. The van der Waals surface area contributed by atoms with Crippen molar-refractivity contribution in [1.29, 1.82) is 0 Å². The smallest absolute Gasteiger partial charge is 0.227 e. The number of benzene rings is 2. The van der Waals surface area contributed by atoms with Crippen LogP contribution in [0.4, 0.5) is 0 Å². The number of hydrogen-bond acceptors (Lipinski definition) is 3. The zero-order valence-electron chi connectivity index (χ0n) is 13.7. The first-order valence-corrected chi connectivity index (χ1v) is 8.41. The van der Waals surface area contributed by atoms with Crippen molar-refractivity contribution < 1.29 is 14.6 Å². The molecule has 1 heterocycles. The Bertz CT molecular complexity index is 666. The zero-order chi connectivity index (χ0) is 16.8. The van der Waals surface area contributed by atoms with Crippen LogP contribution in [0.15, 0.2) is 54.6 Å². The Balaban J connectivity index is 1.68. The van der Waals surface area contributed by atoms with Crippen LogP contribution in [0.5, 0.6) is 5.75 Å². The summed E-state index contributed by atoms with van der Waals surface area (Å²) in [6.07, 6.45) is 2.03. The van der Waals surface area contributed by atoms with Crippen LogP contribution >= 0.6 is 0 Å². The number of aromatic hydroxyl groups is 1. The summed E-state index contributed by atoms with van der Waals surface area (Å²) >= 11 is 0. The van der Waals surface area contributed by atoms with E-state index in [1.54, 1.807) is 18.2 Å². The summed E-state index contributed by atoms with van der Waals surface area (Å²) < 4.78 is 5.48. The lowest BCUT2D eigenvalue weighted by Gasteiger charge is -2.28. The van der Waals surface area contributed by atoms with Crippen LogP contribution in [0.2, 0.25) is 0 Å². The summed E-state index contributed by atoms with van der Waals surface area (Å²) in [7, 11) is 0. The van der Waals surface area contributed by atoms with Gasteiger partial charge in [-0.3, -0.25) is 4.79 Å². The van der Waals surface area contributed by atoms with Gasteiger partial charge in [-0.2, -0.15) is 0 Å². The van der Waals surface area contributed by atoms with Gasteiger partial charge in [0.05, 0.1) is 19.1 Å². The maximum Gasteiger partial charge on any atom is 0.227 e. The van der Waals surface area contributed by atoms with Gasteiger partial charge in [0.1, 0.15) is 5.75 Å². The molecule has 4 heteroatoms. The first kappa shape index (κ1) is 16.5. The first-order valence-electron chi connectivity index (χ1n) is 8.41. The molecule has 24 heavy (non-hydrogen) atoms. The van der Waals surface area contributed by atoms with E-state index >= 15 is 0 Å². The maximum absolute atomic E-state index is 12.8. The van der Waals surface area contributed by atoms with E-state index in [9.17, 15) is 9.90 Å². The zero-order valence-corrected chi connectivity index (χ0v) is 13.7. The molecular weight excluding hydrogens is 302 g/mol. The van der Waals surface area contributed by atoms with E-state index < -0.39 is 0 Å². The Morgan fingerprint density at radius 3 is 2.62 bits per heavy atom. The van der Waals surface area contributed by atoms with E-state index in [0.717, 1.165) is 18.4 Å². The molecule has 1 aliphatic rings. The van der Waals surface area contributed by atoms with Gasteiger partial charge in [-0.05, 0) is 36.1 Å². The fourth-order valence-corrected chi connectivity index (χ4v) is 3.12. The monoisotopic (exact) mass is 325 g/mol. The molecule has 3 rings (SSSR count). The van der Waals surface area contributed by atoms with Gasteiger partial charge in [-0.15, -0.1) is 0 Å². The van der Waals surface area contributed by atoms with Crippen LogP contribution in [-0.2, 0) is 22.4 Å². The molecule has 1 N–H and O–H groups in total. The van der Waals surface area contributed by atoms with Gasteiger partial charge in [-0.25, -0.2) is 0 Å². The van der Waals surface area contributed by atoms with Crippen molar-refractivity contribution in [1.82, 2.24) is 4.90 Å². The molecule has 0 spiro atoms. The highest BCUT2D eigenvalue weighted by molar-refractivity contribution is 5.79. The Labute approximate surface area is 142 Å². The largest absolute Gasteiger partial charge is 0.508 e. The number of carbonyl (C=O) groups excluding carboxylic acids is 1. The second-order valence-corrected chi connectivity index (χ2v) is 6.19. The molecule has 1 atom stereocenters. The Hall–Kier alpha value is -2.33. The molecule has 0 aliphatic carbocycles. The van der Waals surface area contributed by atoms with E-state index in [0.29, 0.717) is 26.2 Å². The van der Waals surface area contributed by atoms with Crippen molar-refractivity contribution in [3.05, 3.63) is 65.7 Å². The fourth-order valence-electron chi connectivity index (χ4n) is 3.12. The van der Waals surface area contributed by atoms with Gasteiger partial charge in [-0.1, -0.05) is 42.5 Å². The van der Waals surface area contributed by atoms with E-state index in [4.69, 9.17) is 4.74 Å². The second-order valence-electron chi connectivity index (χ2n) is 6.19. The molecule has 4 nitrogen and oxygen atoms in total. The summed E-state index contributed by atoms with van der Waals surface area (Å²) in [4.78, 5) is 14.8. The number of phenolic OH excluding ortho intramolecular Hbond substituents is 1. The molecule has 1 aliphatic heterocycles. The SMILES string of the molecule is O=C(Cc1cccc(O)c1)N(CCc1ccccc1)[C@@H]1CCOC1. The lowest BCUT2D eigenvalue weighted by Crippen LogP contribution is -2.42. The molecule has 1 amide bonds. The van der Waals surface area contributed by atoms with Crippen molar-refractivity contribution >= 4 is 5.91 Å². The van der Waals surface area contributed by atoms with Gasteiger partial charge in [0, 0.05) is 13.2 Å². The third-order valence-corrected chi connectivity index (χ3v) is 4.42. The van der Waals surface area contributed by atoms with Gasteiger partial charge in [0.25, 0.3) is 0 Å². The van der Waals surface area contributed by atoms with Crippen LogP contribution < -0.4 is 0 Å². The second kappa shape index (κ2) is 7.97. The Morgan fingerprint density at radius 2 is 1.92 bits per heavy atom. The normalized spacial score (nSPS) is 16.9. The van der Waals surface area contributed by atoms with Crippen LogP contribution in [0, 0.1) is 0 Å². The third kappa shape index (κ3) is 4.36. The molecule has 2 aromatic carbocycles. The van der Waals surface area contributed by atoms with Gasteiger partial charge in [0.2, 0.25) is 5.91 Å². The number of carbonyl (C=O) groups is 1. The Kier molecular flexibility index (Phi) is 5.49. The van der Waals surface area contributed by atoms with Crippen LogP contribution in [0.1, 0.15) is 17.5 Å². The highest BCUT2D eigenvalue weighted by Gasteiger charge is 2.27. The summed E-state index contributed by atoms with van der Waals surface area (Å²) in [6, 6.07) is 17.3. The summed E-state index contributed by atoms with van der Waals surface area (Å²) in [5.74, 6) is 0.285. The van der Waals surface area contributed by atoms with Crippen molar-refractivity contribution in [3.63, 3.8) is 0 Å². The molecule has 1 saturated heterocycles. The van der Waals surface area contributed by atoms with E-state index in [1.165, 1.54) is 5.56 Å². The van der Waals surface area contributed by atoms with E-state index in [2.05, 4.69) is 12.1 Å². The quantitative estimate of drug-likeness (QED) is 0.888. The predicted octanol–water partition coefficient (Wildman–Crippen LogP) is 2.79. The lowest BCUT2D eigenvalue weighted by atomic mass is 10.1. The standard InChI is InChI=1S/C20H23NO3/c22-19-8-4-7-17(13-19)14-20(23)21(18-10-12-24-15-18)11-9-16-5-2-1-3-6-16/h1-8,13,18,22H,9-12,14-15H2/t18-/m1/s1. The Morgan fingerprint density at radius 1 is 1.12 bits per heavy atom. The highest BCUT2D eigenvalue weighted by atomic mass is 16.5. The fraction of sp³-hybridized carbons (Fsp3) is 0.350. The van der Waals surface area contributed by atoms with Crippen molar-refractivity contribution in [2.75, 3.05) is 19.8 Å². The summed E-state index contributed by atoms with van der Waals surface area (Å²) in [6.45, 7) is 2.02. The highest BCUT2D eigenvalue weighted by Crippen LogP contribution is 2.17. The third-order valence-electron chi connectivity index (χ3n) is 4.42. The molecule has 0 unspecified atom stereocenters. The predicted molar refractivity (Wildman–Crippen MR) is 92.9 cm³/mol. The van der Waals surface area contributed by atoms with Crippen LogP contribution in [0.3, 0.4) is 0 Å². The maximum atomic E-state index is 12.8. The summed E-state index contributed by atoms with van der Waals surface area (Å²) in [5.41, 5.74) is 2.06. The minimum absolute atomic E-state index is 0.0898. The minimum Gasteiger partial charge on any atom is -0.508 e. The molecular formula is C20H23NO3. The number of nitrogens with zero attached hydrogens (tertiary/aromatic N) is 1. The molecule has 0 aromatic heterocycles. The van der Waals surface area contributed by atoms with Crippen LogP contribution in [0.25, 0.3) is 0 Å². The lowest BCUT2D eigenvalue weighted by molar-refractivity contribution is -0.132. The van der Waals surface area contributed by atoms with Crippen molar-refractivity contribution in [2.24, 2.45) is 0 Å². The van der Waals surface area contributed by atoms with Gasteiger partial charge >= 0.3 is 0 Å². The molecule has 0 radical (unpaired) electrons. The number of phenols is 1. The average Bonchev–Trinajstić information content (AvgIpc) is 3.10. The number of hydrogen-bond donors (Lipinski definition) is 1. The van der Waals surface area contributed by atoms with E-state index in [1.807, 2.05) is 29.2 Å². The molecule has 0 bridgehead atoms. The molecule has 2 aromatic rings. The molecule has 1 fully saturated rings. The number of amides is 1. The number of ether oxygens (including phenoxy) is 1. The first-order chi connectivity index (χ1) is 11.7.